The molecule has 14 heteroatoms. The molecule has 2 aromatic carbocycles. The zero-order valence-corrected chi connectivity index (χ0v) is 25.7. The number of amides is 1. The van der Waals surface area contributed by atoms with Gasteiger partial charge in [0.05, 0.1) is 6.20 Å². The van der Waals surface area contributed by atoms with E-state index in [2.05, 4.69) is 31.9 Å². The lowest BCUT2D eigenvalue weighted by molar-refractivity contribution is -0.141. The van der Waals surface area contributed by atoms with E-state index in [-0.39, 0.29) is 17.5 Å². The average molecular weight is 660 g/mol. The third kappa shape index (κ3) is 6.27. The van der Waals surface area contributed by atoms with Crippen molar-refractivity contribution in [1.29, 1.82) is 0 Å². The predicted molar refractivity (Wildman–Crippen MR) is 171 cm³/mol. The smallest absolute Gasteiger partial charge is 0.421 e. The summed E-state index contributed by atoms with van der Waals surface area (Å²) in [6.07, 6.45) is 2.60. The number of nitrogen functional groups attached to an aromatic ring is 1. The van der Waals surface area contributed by atoms with E-state index in [9.17, 15) is 18.0 Å². The monoisotopic (exact) mass is 659 g/mol. The van der Waals surface area contributed by atoms with Gasteiger partial charge < -0.3 is 15.8 Å². The van der Waals surface area contributed by atoms with Gasteiger partial charge >= 0.3 is 12.2 Å². The van der Waals surface area contributed by atoms with Gasteiger partial charge in [0.15, 0.2) is 17.3 Å². The molecular formula is C33H25F4N7O2S. The quantitative estimate of drug-likeness (QED) is 0.129. The Morgan fingerprint density at radius 3 is 2.60 bits per heavy atom. The SMILES string of the molecule is C=CC(=O)NCc1ccc(-c2sc3c(-c4cnn(C)c4)cnc(N)c3c2-c2ccc(Oc3nccc(C(F)(F)F)n3)c(F)c2)c(C)c1. The second kappa shape index (κ2) is 12.3. The number of hydrogen-bond acceptors (Lipinski definition) is 8. The van der Waals surface area contributed by atoms with Crippen molar-refractivity contribution in [2.75, 3.05) is 5.73 Å². The van der Waals surface area contributed by atoms with Crippen LogP contribution in [0.25, 0.3) is 42.8 Å². The molecule has 3 N–H and O–H groups in total. The van der Waals surface area contributed by atoms with E-state index in [4.69, 9.17) is 10.5 Å². The van der Waals surface area contributed by atoms with E-state index in [1.807, 2.05) is 31.3 Å². The van der Waals surface area contributed by atoms with Crippen LogP contribution >= 0.6 is 11.3 Å². The Bertz CT molecular complexity index is 2170. The van der Waals surface area contributed by atoms with Crippen molar-refractivity contribution in [3.63, 3.8) is 0 Å². The highest BCUT2D eigenvalue weighted by atomic mass is 32.1. The highest BCUT2D eigenvalue weighted by Crippen LogP contribution is 2.50. The van der Waals surface area contributed by atoms with Crippen molar-refractivity contribution in [3.8, 4) is 44.5 Å². The summed E-state index contributed by atoms with van der Waals surface area (Å²) in [6, 6.07) is 9.90. The van der Waals surface area contributed by atoms with Crippen LogP contribution in [0.5, 0.6) is 11.8 Å². The van der Waals surface area contributed by atoms with E-state index < -0.39 is 23.7 Å². The largest absolute Gasteiger partial charge is 0.433 e. The molecule has 0 radical (unpaired) electrons. The molecule has 0 fully saturated rings. The maximum atomic E-state index is 15.7. The lowest BCUT2D eigenvalue weighted by Gasteiger charge is -2.12. The number of fused-ring (bicyclic) bond motifs is 1. The fourth-order valence-electron chi connectivity index (χ4n) is 5.09. The number of carbonyl (C=O) groups is 1. The Kier molecular flexibility index (Phi) is 8.20. The average Bonchev–Trinajstić information content (AvgIpc) is 3.65. The highest BCUT2D eigenvalue weighted by Gasteiger charge is 2.33. The normalized spacial score (nSPS) is 11.5. The van der Waals surface area contributed by atoms with Gasteiger partial charge in [0.1, 0.15) is 5.82 Å². The van der Waals surface area contributed by atoms with Gasteiger partial charge in [-0.05, 0) is 53.5 Å². The van der Waals surface area contributed by atoms with E-state index >= 15 is 4.39 Å². The Morgan fingerprint density at radius 1 is 1.11 bits per heavy atom. The highest BCUT2D eigenvalue weighted by molar-refractivity contribution is 7.23. The van der Waals surface area contributed by atoms with Crippen LogP contribution in [-0.2, 0) is 24.6 Å². The summed E-state index contributed by atoms with van der Waals surface area (Å²) in [4.78, 5) is 24.0. The fourth-order valence-corrected chi connectivity index (χ4v) is 6.54. The van der Waals surface area contributed by atoms with Crippen molar-refractivity contribution >= 4 is 33.1 Å². The van der Waals surface area contributed by atoms with Crippen molar-refractivity contribution in [2.24, 2.45) is 7.05 Å². The first kappa shape index (κ1) is 31.4. The van der Waals surface area contributed by atoms with Gasteiger partial charge in [0.25, 0.3) is 0 Å². The third-order valence-electron chi connectivity index (χ3n) is 7.29. The molecule has 47 heavy (non-hydrogen) atoms. The number of thiophene rings is 1. The Morgan fingerprint density at radius 2 is 1.91 bits per heavy atom. The van der Waals surface area contributed by atoms with Crippen molar-refractivity contribution in [2.45, 2.75) is 19.6 Å². The van der Waals surface area contributed by atoms with Crippen LogP contribution in [-0.4, -0.2) is 30.6 Å². The molecule has 6 rings (SSSR count). The molecule has 1 amide bonds. The minimum atomic E-state index is -4.72. The van der Waals surface area contributed by atoms with Gasteiger partial charge in [-0.15, -0.1) is 11.3 Å². The van der Waals surface area contributed by atoms with Crippen molar-refractivity contribution in [3.05, 3.63) is 103 Å². The van der Waals surface area contributed by atoms with Crippen LogP contribution in [0, 0.1) is 12.7 Å². The molecule has 4 heterocycles. The van der Waals surface area contributed by atoms with Crippen LogP contribution < -0.4 is 15.8 Å². The third-order valence-corrected chi connectivity index (χ3v) is 8.55. The second-order valence-electron chi connectivity index (χ2n) is 10.5. The number of nitrogens with zero attached hydrogens (tertiary/aromatic N) is 5. The van der Waals surface area contributed by atoms with E-state index in [0.29, 0.717) is 29.1 Å². The van der Waals surface area contributed by atoms with Crippen molar-refractivity contribution in [1.82, 2.24) is 30.0 Å². The standard InChI is InChI=1S/C33H25F4N7O2S/c1-4-26(45)40-13-18-5-7-21(17(2)11-18)29-27(28-30(47-29)22(15-41-31(28)38)20-14-42-44(3)16-20)19-6-8-24(23(34)12-19)46-32-39-10-9-25(43-32)33(35,36)37/h4-12,14-16H,1,13H2,2-3H3,(H2,38,41)(H,40,45). The van der Waals surface area contributed by atoms with Crippen LogP contribution in [0.2, 0.25) is 0 Å². The number of carbonyl (C=O) groups excluding carboxylic acids is 1. The van der Waals surface area contributed by atoms with Crippen LogP contribution in [0.1, 0.15) is 16.8 Å². The Balaban J connectivity index is 1.49. The zero-order chi connectivity index (χ0) is 33.5. The minimum absolute atomic E-state index is 0.227. The molecule has 0 spiro atoms. The van der Waals surface area contributed by atoms with Gasteiger partial charge in [0.2, 0.25) is 5.91 Å². The number of hydrogen-bond donors (Lipinski definition) is 2. The molecule has 0 bridgehead atoms. The number of ether oxygens (including phenoxy) is 1. The summed E-state index contributed by atoms with van der Waals surface area (Å²) < 4.78 is 62.9. The number of benzene rings is 2. The minimum Gasteiger partial charge on any atom is -0.421 e. The number of nitrogens with one attached hydrogen (secondary N) is 1. The van der Waals surface area contributed by atoms with Gasteiger partial charge in [-0.2, -0.15) is 23.3 Å². The van der Waals surface area contributed by atoms with Crippen molar-refractivity contribution < 1.29 is 27.1 Å². The molecule has 238 valence electrons. The molecule has 6 aromatic rings. The molecule has 4 aromatic heterocycles. The molecule has 0 saturated heterocycles. The lowest BCUT2D eigenvalue weighted by Crippen LogP contribution is -2.19. The van der Waals surface area contributed by atoms with Crippen LogP contribution in [0.4, 0.5) is 23.4 Å². The molecule has 0 unspecified atom stereocenters. The lowest BCUT2D eigenvalue weighted by atomic mass is 9.95. The number of pyridine rings is 1. The number of alkyl halides is 3. The first-order chi connectivity index (χ1) is 22.4. The Hall–Kier alpha value is -5.63. The second-order valence-corrected chi connectivity index (χ2v) is 11.5. The molecule has 9 nitrogen and oxygen atoms in total. The van der Waals surface area contributed by atoms with Crippen LogP contribution in [0.15, 0.2) is 79.9 Å². The maximum absolute atomic E-state index is 15.7. The molecular weight excluding hydrogens is 634 g/mol. The Labute approximate surface area is 269 Å². The number of aryl methyl sites for hydroxylation is 2. The predicted octanol–water partition coefficient (Wildman–Crippen LogP) is 7.46. The summed E-state index contributed by atoms with van der Waals surface area (Å²) in [5.74, 6) is -1.28. The number of aromatic nitrogens is 5. The van der Waals surface area contributed by atoms with Gasteiger partial charge in [0, 0.05) is 63.8 Å². The fraction of sp³-hybridized carbons (Fsp3) is 0.121. The van der Waals surface area contributed by atoms with Gasteiger partial charge in [-0.3, -0.25) is 9.48 Å². The summed E-state index contributed by atoms with van der Waals surface area (Å²) in [6.45, 7) is 5.70. The number of nitrogens with two attached hydrogens (primary N) is 1. The van der Waals surface area contributed by atoms with Crippen LogP contribution in [0.3, 0.4) is 0 Å². The van der Waals surface area contributed by atoms with Gasteiger partial charge in [-0.25, -0.2) is 14.4 Å². The summed E-state index contributed by atoms with van der Waals surface area (Å²) in [5.41, 5.74) is 10.5. The molecule has 0 aliphatic heterocycles. The van der Waals surface area contributed by atoms with E-state index in [1.165, 1.54) is 29.5 Å². The number of halogens is 4. The van der Waals surface area contributed by atoms with Gasteiger partial charge in [-0.1, -0.05) is 30.8 Å². The molecule has 0 atom stereocenters. The van der Waals surface area contributed by atoms with E-state index in [0.717, 1.165) is 43.6 Å². The zero-order valence-electron chi connectivity index (χ0n) is 24.9. The number of anilines is 1. The first-order valence-corrected chi connectivity index (χ1v) is 14.8. The first-order valence-electron chi connectivity index (χ1n) is 14.0. The molecule has 0 aliphatic carbocycles. The number of rotatable bonds is 8. The molecule has 0 aliphatic rings. The maximum Gasteiger partial charge on any atom is 0.433 e. The topological polar surface area (TPSA) is 121 Å². The van der Waals surface area contributed by atoms with E-state index in [1.54, 1.807) is 30.2 Å². The summed E-state index contributed by atoms with van der Waals surface area (Å²) >= 11 is 1.45. The summed E-state index contributed by atoms with van der Waals surface area (Å²) in [5, 5.41) is 7.65. The molecule has 0 saturated carbocycles. The summed E-state index contributed by atoms with van der Waals surface area (Å²) in [7, 11) is 1.80.